The van der Waals surface area contributed by atoms with Gasteiger partial charge in [-0.3, -0.25) is 0 Å². The Balaban J connectivity index is 2.34. The Labute approximate surface area is 101 Å². The second-order valence-corrected chi connectivity index (χ2v) is 5.24. The Morgan fingerprint density at radius 1 is 1.19 bits per heavy atom. The van der Waals surface area contributed by atoms with Gasteiger partial charge in [0.1, 0.15) is 0 Å². The van der Waals surface area contributed by atoms with Gasteiger partial charge in [0.25, 0.3) is 0 Å². The summed E-state index contributed by atoms with van der Waals surface area (Å²) in [5, 5.41) is 3.66. The van der Waals surface area contributed by atoms with E-state index in [1.807, 2.05) is 0 Å². The predicted octanol–water partition coefficient (Wildman–Crippen LogP) is 3.22. The molecule has 1 aliphatic rings. The van der Waals surface area contributed by atoms with E-state index in [-0.39, 0.29) is 0 Å². The van der Waals surface area contributed by atoms with Crippen LogP contribution in [0.3, 0.4) is 0 Å². The first-order chi connectivity index (χ1) is 7.77. The van der Waals surface area contributed by atoms with Crippen LogP contribution in [0.25, 0.3) is 0 Å². The van der Waals surface area contributed by atoms with Gasteiger partial charge in [0, 0.05) is 12.6 Å². The number of hydrogen-bond acceptors (Lipinski definition) is 2. The molecule has 0 bridgehead atoms. The number of rotatable bonds is 7. The summed E-state index contributed by atoms with van der Waals surface area (Å²) in [7, 11) is 0. The number of ether oxygens (including phenoxy) is 1. The highest BCUT2D eigenvalue weighted by Gasteiger charge is 2.25. The van der Waals surface area contributed by atoms with E-state index in [2.05, 4.69) is 26.1 Å². The van der Waals surface area contributed by atoms with E-state index in [4.69, 9.17) is 4.74 Å². The normalized spacial score (nSPS) is 27.9. The quantitative estimate of drug-likeness (QED) is 0.721. The van der Waals surface area contributed by atoms with Crippen LogP contribution in [0.4, 0.5) is 0 Å². The fraction of sp³-hybridized carbons (Fsp3) is 1.00. The summed E-state index contributed by atoms with van der Waals surface area (Å²) in [6.45, 7) is 9.56. The zero-order valence-corrected chi connectivity index (χ0v) is 11.3. The van der Waals surface area contributed by atoms with E-state index in [1.165, 1.54) is 32.1 Å². The lowest BCUT2D eigenvalue weighted by atomic mass is 9.79. The van der Waals surface area contributed by atoms with Gasteiger partial charge in [-0.1, -0.05) is 26.7 Å². The molecule has 1 rings (SSSR count). The molecule has 0 radical (unpaired) electrons. The van der Waals surface area contributed by atoms with Gasteiger partial charge in [-0.05, 0) is 44.6 Å². The van der Waals surface area contributed by atoms with Crippen molar-refractivity contribution in [3.63, 3.8) is 0 Å². The molecule has 1 aliphatic carbocycles. The molecule has 0 aromatic carbocycles. The monoisotopic (exact) mass is 227 g/mol. The van der Waals surface area contributed by atoms with Gasteiger partial charge < -0.3 is 10.1 Å². The Kier molecular flexibility index (Phi) is 7.06. The smallest absolute Gasteiger partial charge is 0.0622 e. The average Bonchev–Trinajstić information content (AvgIpc) is 2.31. The van der Waals surface area contributed by atoms with Crippen LogP contribution in [0.15, 0.2) is 0 Å². The Morgan fingerprint density at radius 2 is 1.88 bits per heavy atom. The highest BCUT2D eigenvalue weighted by atomic mass is 16.5. The van der Waals surface area contributed by atoms with Crippen LogP contribution in [0.2, 0.25) is 0 Å². The van der Waals surface area contributed by atoms with Crippen LogP contribution in [-0.4, -0.2) is 25.8 Å². The Hall–Kier alpha value is -0.0800. The summed E-state index contributed by atoms with van der Waals surface area (Å²) in [4.78, 5) is 0. The molecule has 1 N–H and O–H groups in total. The second-order valence-electron chi connectivity index (χ2n) is 5.24. The van der Waals surface area contributed by atoms with Crippen molar-refractivity contribution >= 4 is 0 Å². The summed E-state index contributed by atoms with van der Waals surface area (Å²) < 4.78 is 5.61. The van der Waals surface area contributed by atoms with Crippen LogP contribution < -0.4 is 5.32 Å². The van der Waals surface area contributed by atoms with Crippen LogP contribution in [0.1, 0.15) is 52.9 Å². The molecule has 1 atom stereocenters. The van der Waals surface area contributed by atoms with Crippen LogP contribution in [0, 0.1) is 11.8 Å². The van der Waals surface area contributed by atoms with Gasteiger partial charge in [0.05, 0.1) is 6.61 Å². The van der Waals surface area contributed by atoms with Crippen molar-refractivity contribution < 1.29 is 4.74 Å². The maximum Gasteiger partial charge on any atom is 0.0622 e. The lowest BCUT2D eigenvalue weighted by Crippen LogP contribution is -2.41. The molecule has 0 spiro atoms. The van der Waals surface area contributed by atoms with Crippen LogP contribution >= 0.6 is 0 Å². The molecular formula is C14H29NO. The summed E-state index contributed by atoms with van der Waals surface area (Å²) in [6, 6.07) is 0.590. The van der Waals surface area contributed by atoms with Crippen LogP contribution in [-0.2, 0) is 4.74 Å². The van der Waals surface area contributed by atoms with Gasteiger partial charge >= 0.3 is 0 Å². The van der Waals surface area contributed by atoms with Crippen molar-refractivity contribution in [2.24, 2.45) is 11.8 Å². The molecule has 0 aliphatic heterocycles. The van der Waals surface area contributed by atoms with E-state index in [0.29, 0.717) is 6.04 Å². The van der Waals surface area contributed by atoms with E-state index in [9.17, 15) is 0 Å². The highest BCUT2D eigenvalue weighted by Crippen LogP contribution is 2.30. The Morgan fingerprint density at radius 3 is 2.44 bits per heavy atom. The highest BCUT2D eigenvalue weighted by molar-refractivity contribution is 4.80. The minimum absolute atomic E-state index is 0.590. The average molecular weight is 227 g/mol. The molecule has 0 aromatic heterocycles. The molecule has 1 saturated carbocycles. The van der Waals surface area contributed by atoms with E-state index in [1.54, 1.807) is 0 Å². The minimum atomic E-state index is 0.590. The summed E-state index contributed by atoms with van der Waals surface area (Å²) in [6.07, 6.45) is 6.79. The molecule has 0 amide bonds. The molecule has 1 fully saturated rings. The second kappa shape index (κ2) is 8.08. The lowest BCUT2D eigenvalue weighted by molar-refractivity contribution is 0.0886. The van der Waals surface area contributed by atoms with Crippen molar-refractivity contribution in [3.8, 4) is 0 Å². The summed E-state index contributed by atoms with van der Waals surface area (Å²) in [5.41, 5.74) is 0. The first kappa shape index (κ1) is 14.0. The topological polar surface area (TPSA) is 21.3 Å². The molecule has 0 saturated heterocycles. The van der Waals surface area contributed by atoms with Crippen molar-refractivity contribution in [2.45, 2.75) is 58.9 Å². The maximum absolute atomic E-state index is 5.61. The standard InChI is InChI=1S/C14H29NO/c1-4-10-15-14(11-16-5-2)13-8-6-12(3)7-9-13/h12-15H,4-11H2,1-3H3. The van der Waals surface area contributed by atoms with E-state index < -0.39 is 0 Å². The number of nitrogens with one attached hydrogen (secondary N) is 1. The summed E-state index contributed by atoms with van der Waals surface area (Å²) >= 11 is 0. The molecule has 96 valence electrons. The third-order valence-electron chi connectivity index (χ3n) is 3.79. The Bertz CT molecular complexity index is 156. The van der Waals surface area contributed by atoms with Crippen molar-refractivity contribution in [1.29, 1.82) is 0 Å². The van der Waals surface area contributed by atoms with Gasteiger partial charge in [0.2, 0.25) is 0 Å². The van der Waals surface area contributed by atoms with Gasteiger partial charge in [0.15, 0.2) is 0 Å². The van der Waals surface area contributed by atoms with Gasteiger partial charge in [-0.25, -0.2) is 0 Å². The van der Waals surface area contributed by atoms with E-state index >= 15 is 0 Å². The van der Waals surface area contributed by atoms with Crippen molar-refractivity contribution in [2.75, 3.05) is 19.8 Å². The van der Waals surface area contributed by atoms with Crippen LogP contribution in [0.5, 0.6) is 0 Å². The fourth-order valence-electron chi connectivity index (χ4n) is 2.62. The molecule has 16 heavy (non-hydrogen) atoms. The van der Waals surface area contributed by atoms with Crippen molar-refractivity contribution in [1.82, 2.24) is 5.32 Å². The van der Waals surface area contributed by atoms with Crippen molar-refractivity contribution in [3.05, 3.63) is 0 Å². The van der Waals surface area contributed by atoms with Gasteiger partial charge in [-0.2, -0.15) is 0 Å². The molecule has 0 heterocycles. The zero-order valence-electron chi connectivity index (χ0n) is 11.3. The first-order valence-corrected chi connectivity index (χ1v) is 7.09. The maximum atomic E-state index is 5.61. The zero-order chi connectivity index (χ0) is 11.8. The molecular weight excluding hydrogens is 198 g/mol. The molecule has 2 heteroatoms. The molecule has 0 aromatic rings. The van der Waals surface area contributed by atoms with E-state index in [0.717, 1.165) is 31.6 Å². The summed E-state index contributed by atoms with van der Waals surface area (Å²) in [5.74, 6) is 1.78. The SMILES string of the molecule is CCCNC(COCC)C1CCC(C)CC1. The van der Waals surface area contributed by atoms with Gasteiger partial charge in [-0.15, -0.1) is 0 Å². The largest absolute Gasteiger partial charge is 0.380 e. The third kappa shape index (κ3) is 4.84. The molecule has 1 unspecified atom stereocenters. The fourth-order valence-corrected chi connectivity index (χ4v) is 2.62. The number of hydrogen-bond donors (Lipinski definition) is 1. The predicted molar refractivity (Wildman–Crippen MR) is 69.7 cm³/mol. The lowest BCUT2D eigenvalue weighted by Gasteiger charge is -2.33. The first-order valence-electron chi connectivity index (χ1n) is 7.09. The molecule has 2 nitrogen and oxygen atoms in total. The third-order valence-corrected chi connectivity index (χ3v) is 3.79. The minimum Gasteiger partial charge on any atom is -0.380 e.